The number of rotatable bonds is 3. The van der Waals surface area contributed by atoms with E-state index in [4.69, 9.17) is 13.9 Å². The number of benzene rings is 2. The first kappa shape index (κ1) is 14.3. The van der Waals surface area contributed by atoms with Gasteiger partial charge < -0.3 is 13.9 Å². The molecule has 2 heterocycles. The Balaban J connectivity index is 1.53. The number of hydrogen-bond acceptors (Lipinski definition) is 6. The van der Waals surface area contributed by atoms with Crippen LogP contribution in [0.3, 0.4) is 0 Å². The van der Waals surface area contributed by atoms with E-state index in [1.807, 2.05) is 6.07 Å². The van der Waals surface area contributed by atoms with Crippen LogP contribution < -0.4 is 14.8 Å². The van der Waals surface area contributed by atoms with Gasteiger partial charge in [0.2, 0.25) is 5.89 Å². The Morgan fingerprint density at radius 3 is 2.58 bits per heavy atom. The number of ether oxygens (including phenoxy) is 2. The van der Waals surface area contributed by atoms with E-state index in [0.29, 0.717) is 35.8 Å². The van der Waals surface area contributed by atoms with Gasteiger partial charge in [0, 0.05) is 11.1 Å². The molecule has 1 aromatic heterocycles. The summed E-state index contributed by atoms with van der Waals surface area (Å²) in [5, 5.41) is 10.4. The second kappa shape index (κ2) is 6.04. The highest BCUT2D eigenvalue weighted by Crippen LogP contribution is 2.34. The highest BCUT2D eigenvalue weighted by molar-refractivity contribution is 6.03. The fourth-order valence-corrected chi connectivity index (χ4v) is 2.33. The molecular weight excluding hydrogens is 310 g/mol. The Bertz CT molecular complexity index is 877. The molecule has 0 spiro atoms. The summed E-state index contributed by atoms with van der Waals surface area (Å²) in [6, 6.07) is 14.2. The van der Waals surface area contributed by atoms with Crippen molar-refractivity contribution >= 4 is 11.9 Å². The van der Waals surface area contributed by atoms with Crippen LogP contribution in [0.1, 0.15) is 10.4 Å². The largest absolute Gasteiger partial charge is 0.486 e. The summed E-state index contributed by atoms with van der Waals surface area (Å²) < 4.78 is 16.5. The van der Waals surface area contributed by atoms with Gasteiger partial charge in [0.05, 0.1) is 0 Å². The third-order valence-electron chi connectivity index (χ3n) is 3.47. The first-order valence-corrected chi connectivity index (χ1v) is 7.39. The van der Waals surface area contributed by atoms with Gasteiger partial charge >= 0.3 is 6.01 Å². The van der Waals surface area contributed by atoms with Gasteiger partial charge in [0.1, 0.15) is 13.2 Å². The molecule has 0 unspecified atom stereocenters. The van der Waals surface area contributed by atoms with Gasteiger partial charge in [-0.1, -0.05) is 23.3 Å². The number of nitrogens with one attached hydrogen (secondary N) is 1. The standard InChI is InChI=1S/C17H13N3O4/c21-15(11-4-2-1-3-5-11)18-17-20-19-16(24-17)12-6-7-13-14(10-12)23-9-8-22-13/h1-7,10H,8-9H2,(H,18,20,21). The van der Waals surface area contributed by atoms with Crippen LogP contribution in [-0.4, -0.2) is 29.3 Å². The average Bonchev–Trinajstić information content (AvgIpc) is 3.10. The summed E-state index contributed by atoms with van der Waals surface area (Å²) in [4.78, 5) is 12.1. The first-order valence-electron chi connectivity index (χ1n) is 7.39. The first-order chi connectivity index (χ1) is 11.8. The van der Waals surface area contributed by atoms with Crippen LogP contribution in [0, 0.1) is 0 Å². The van der Waals surface area contributed by atoms with Crippen LogP contribution in [0.2, 0.25) is 0 Å². The maximum absolute atomic E-state index is 12.1. The predicted molar refractivity (Wildman–Crippen MR) is 85.1 cm³/mol. The van der Waals surface area contributed by atoms with Crippen molar-refractivity contribution in [2.45, 2.75) is 0 Å². The van der Waals surface area contributed by atoms with Gasteiger partial charge in [-0.3, -0.25) is 10.1 Å². The summed E-state index contributed by atoms with van der Waals surface area (Å²) in [6.45, 7) is 1.03. The van der Waals surface area contributed by atoms with Gasteiger partial charge in [0.25, 0.3) is 5.91 Å². The Hall–Kier alpha value is -3.35. The molecule has 0 atom stereocenters. The molecule has 24 heavy (non-hydrogen) atoms. The highest BCUT2D eigenvalue weighted by atomic mass is 16.6. The molecule has 0 saturated heterocycles. The van der Waals surface area contributed by atoms with E-state index in [0.717, 1.165) is 0 Å². The minimum absolute atomic E-state index is 0.0359. The fraction of sp³-hybridized carbons (Fsp3) is 0.118. The van der Waals surface area contributed by atoms with Gasteiger partial charge in [-0.25, -0.2) is 0 Å². The van der Waals surface area contributed by atoms with Gasteiger partial charge in [0.15, 0.2) is 11.5 Å². The molecule has 1 aliphatic rings. The molecule has 7 nitrogen and oxygen atoms in total. The van der Waals surface area contributed by atoms with Crippen LogP contribution in [0.4, 0.5) is 6.01 Å². The molecule has 0 saturated carbocycles. The van der Waals surface area contributed by atoms with Gasteiger partial charge in [-0.2, -0.15) is 0 Å². The van der Waals surface area contributed by atoms with Crippen LogP contribution in [0.25, 0.3) is 11.5 Å². The number of aromatic nitrogens is 2. The lowest BCUT2D eigenvalue weighted by molar-refractivity contribution is 0.102. The smallest absolute Gasteiger partial charge is 0.322 e. The molecule has 0 fully saturated rings. The zero-order chi connectivity index (χ0) is 16.4. The van der Waals surface area contributed by atoms with Gasteiger partial charge in [-0.15, -0.1) is 5.10 Å². The van der Waals surface area contributed by atoms with Crippen LogP contribution in [-0.2, 0) is 0 Å². The topological polar surface area (TPSA) is 86.5 Å². The van der Waals surface area contributed by atoms with Gasteiger partial charge in [-0.05, 0) is 30.3 Å². The van der Waals surface area contributed by atoms with Crippen LogP contribution >= 0.6 is 0 Å². The summed E-state index contributed by atoms with van der Waals surface area (Å²) in [6.07, 6.45) is 0. The van der Waals surface area contributed by atoms with E-state index in [9.17, 15) is 4.79 Å². The molecule has 1 aliphatic heterocycles. The summed E-state index contributed by atoms with van der Waals surface area (Å²) in [5.41, 5.74) is 1.20. The maximum atomic E-state index is 12.1. The quantitative estimate of drug-likeness (QED) is 0.797. The van der Waals surface area contributed by atoms with Crippen LogP contribution in [0.5, 0.6) is 11.5 Å². The van der Waals surface area contributed by atoms with Crippen molar-refractivity contribution in [2.24, 2.45) is 0 Å². The zero-order valence-electron chi connectivity index (χ0n) is 12.6. The molecule has 0 radical (unpaired) electrons. The molecule has 1 amide bonds. The molecule has 0 aliphatic carbocycles. The average molecular weight is 323 g/mol. The van der Waals surface area contributed by atoms with E-state index >= 15 is 0 Å². The Morgan fingerprint density at radius 2 is 1.75 bits per heavy atom. The SMILES string of the molecule is O=C(Nc1nnc(-c2ccc3c(c2)OCCO3)o1)c1ccccc1. The minimum atomic E-state index is -0.312. The molecular formula is C17H13N3O4. The number of fused-ring (bicyclic) bond motifs is 1. The lowest BCUT2D eigenvalue weighted by atomic mass is 10.2. The number of carbonyl (C=O) groups excluding carboxylic acids is 1. The van der Waals surface area contributed by atoms with Crippen molar-refractivity contribution in [3.8, 4) is 23.0 Å². The second-order valence-electron chi connectivity index (χ2n) is 5.09. The number of hydrogen-bond donors (Lipinski definition) is 1. The lowest BCUT2D eigenvalue weighted by Gasteiger charge is -2.18. The van der Waals surface area contributed by atoms with E-state index in [1.165, 1.54) is 0 Å². The summed E-state index contributed by atoms with van der Waals surface area (Å²) in [5.74, 6) is 1.29. The van der Waals surface area contributed by atoms with Crippen molar-refractivity contribution in [1.29, 1.82) is 0 Å². The minimum Gasteiger partial charge on any atom is -0.486 e. The number of amides is 1. The maximum Gasteiger partial charge on any atom is 0.322 e. The monoisotopic (exact) mass is 323 g/mol. The van der Waals surface area contributed by atoms with E-state index in [1.54, 1.807) is 42.5 Å². The van der Waals surface area contributed by atoms with E-state index in [-0.39, 0.29) is 17.8 Å². The Labute approximate surface area is 137 Å². The predicted octanol–water partition coefficient (Wildman–Crippen LogP) is 2.76. The van der Waals surface area contributed by atoms with Crippen molar-refractivity contribution in [1.82, 2.24) is 10.2 Å². The molecule has 4 rings (SSSR count). The number of carbonyl (C=O) groups is 1. The summed E-state index contributed by atoms with van der Waals surface area (Å²) >= 11 is 0. The molecule has 1 N–H and O–H groups in total. The lowest BCUT2D eigenvalue weighted by Crippen LogP contribution is -2.15. The van der Waals surface area contributed by atoms with Crippen molar-refractivity contribution in [3.63, 3.8) is 0 Å². The van der Waals surface area contributed by atoms with Crippen molar-refractivity contribution in [2.75, 3.05) is 18.5 Å². The zero-order valence-corrected chi connectivity index (χ0v) is 12.6. The van der Waals surface area contributed by atoms with Crippen molar-refractivity contribution < 1.29 is 18.7 Å². The third-order valence-corrected chi connectivity index (χ3v) is 3.47. The van der Waals surface area contributed by atoms with Crippen molar-refractivity contribution in [3.05, 3.63) is 54.1 Å². The fourth-order valence-electron chi connectivity index (χ4n) is 2.33. The molecule has 2 aromatic carbocycles. The van der Waals surface area contributed by atoms with E-state index < -0.39 is 0 Å². The highest BCUT2D eigenvalue weighted by Gasteiger charge is 2.16. The molecule has 7 heteroatoms. The van der Waals surface area contributed by atoms with E-state index in [2.05, 4.69) is 15.5 Å². The second-order valence-corrected chi connectivity index (χ2v) is 5.09. The molecule has 3 aromatic rings. The molecule has 120 valence electrons. The molecule has 0 bridgehead atoms. The normalized spacial score (nSPS) is 12.7. The number of anilines is 1. The third kappa shape index (κ3) is 2.79. The van der Waals surface area contributed by atoms with Crippen LogP contribution in [0.15, 0.2) is 52.9 Å². The number of nitrogens with zero attached hydrogens (tertiary/aromatic N) is 2. The Kier molecular flexibility index (Phi) is 3.59. The Morgan fingerprint density at radius 1 is 0.958 bits per heavy atom. The summed E-state index contributed by atoms with van der Waals surface area (Å²) in [7, 11) is 0.